The first-order valence-corrected chi connectivity index (χ1v) is 5.90. The van der Waals surface area contributed by atoms with Gasteiger partial charge in [-0.05, 0) is 11.7 Å². The van der Waals surface area contributed by atoms with Crippen molar-refractivity contribution in [3.8, 4) is 0 Å². The van der Waals surface area contributed by atoms with E-state index in [0.717, 1.165) is 0 Å². The lowest BCUT2D eigenvalue weighted by atomic mass is 9.94. The summed E-state index contributed by atoms with van der Waals surface area (Å²) in [6.07, 6.45) is 3.40. The predicted molar refractivity (Wildman–Crippen MR) is 63.0 cm³/mol. The van der Waals surface area contributed by atoms with Gasteiger partial charge in [-0.25, -0.2) is 0 Å². The van der Waals surface area contributed by atoms with E-state index in [2.05, 4.69) is 54.7 Å². The van der Waals surface area contributed by atoms with Gasteiger partial charge in [0, 0.05) is 4.75 Å². The van der Waals surface area contributed by atoms with E-state index >= 15 is 0 Å². The van der Waals surface area contributed by atoms with Crippen molar-refractivity contribution in [2.24, 2.45) is 5.41 Å². The maximum atomic E-state index is 2.24. The van der Waals surface area contributed by atoms with Crippen LogP contribution in [0.5, 0.6) is 0 Å². The molecule has 0 saturated carbocycles. The average molecular weight is 190 g/mol. The van der Waals surface area contributed by atoms with E-state index in [-0.39, 0.29) is 0 Å². The van der Waals surface area contributed by atoms with Crippen molar-refractivity contribution in [2.45, 2.75) is 59.6 Å². The fourth-order valence-corrected chi connectivity index (χ4v) is 0. The fraction of sp³-hybridized carbons (Fsp3) is 1.00. The first-order valence-electron chi connectivity index (χ1n) is 4.67. The summed E-state index contributed by atoms with van der Waals surface area (Å²) < 4.78 is 0.458. The Bertz CT molecular complexity index is 78.6. The third kappa shape index (κ3) is 22.4. The molecule has 0 amide bonds. The largest absolute Gasteiger partial charge is 0.159 e. The van der Waals surface area contributed by atoms with Crippen molar-refractivity contribution in [3.63, 3.8) is 0 Å². The van der Waals surface area contributed by atoms with E-state index in [9.17, 15) is 0 Å². The van der Waals surface area contributed by atoms with Crippen LogP contribution in [0.15, 0.2) is 0 Å². The normalized spacial score (nSPS) is 12.0. The zero-order valence-electron chi connectivity index (χ0n) is 10.1. The summed E-state index contributed by atoms with van der Waals surface area (Å²) in [5.74, 6) is 0. The molecule has 0 radical (unpaired) electrons. The fourth-order valence-electron chi connectivity index (χ4n) is 0. The van der Waals surface area contributed by atoms with Crippen LogP contribution >= 0.6 is 11.8 Å². The van der Waals surface area contributed by atoms with Crippen molar-refractivity contribution < 1.29 is 0 Å². The topological polar surface area (TPSA) is 0 Å². The summed E-state index contributed by atoms with van der Waals surface area (Å²) in [7, 11) is 0. The molecule has 0 bridgehead atoms. The van der Waals surface area contributed by atoms with E-state index < -0.39 is 0 Å². The highest BCUT2D eigenvalue weighted by Gasteiger charge is 2.04. The summed E-state index contributed by atoms with van der Waals surface area (Å²) >= 11 is 1.88. The second-order valence-corrected chi connectivity index (χ2v) is 6.86. The Hall–Kier alpha value is 0.350. The molecule has 0 heterocycles. The monoisotopic (exact) mass is 190 g/mol. The SMILES string of the molecule is CCC(C)(C)C.CSC(C)(C)C. The Morgan fingerprint density at radius 3 is 1.08 bits per heavy atom. The van der Waals surface area contributed by atoms with Crippen molar-refractivity contribution in [1.29, 1.82) is 0 Å². The molecule has 1 heteroatoms. The molecular weight excluding hydrogens is 164 g/mol. The van der Waals surface area contributed by atoms with E-state index in [1.165, 1.54) is 6.42 Å². The summed E-state index contributed by atoms with van der Waals surface area (Å²) in [6, 6.07) is 0. The Morgan fingerprint density at radius 1 is 0.917 bits per heavy atom. The molecule has 0 aromatic carbocycles. The molecule has 0 nitrogen and oxygen atoms in total. The molecule has 0 aromatic heterocycles. The Balaban J connectivity index is 0. The lowest BCUT2D eigenvalue weighted by Crippen LogP contribution is -2.04. The van der Waals surface area contributed by atoms with Gasteiger partial charge in [-0.3, -0.25) is 0 Å². The molecule has 0 fully saturated rings. The minimum atomic E-state index is 0.458. The molecular formula is C11H26S. The van der Waals surface area contributed by atoms with Gasteiger partial charge in [0.2, 0.25) is 0 Å². The van der Waals surface area contributed by atoms with Crippen LogP contribution in [-0.2, 0) is 0 Å². The van der Waals surface area contributed by atoms with Crippen molar-refractivity contribution in [2.75, 3.05) is 6.26 Å². The molecule has 76 valence electrons. The summed E-state index contributed by atoms with van der Waals surface area (Å²) in [5.41, 5.74) is 0.542. The molecule has 12 heavy (non-hydrogen) atoms. The number of hydrogen-bond donors (Lipinski definition) is 0. The molecule has 0 rings (SSSR count). The second kappa shape index (κ2) is 5.90. The minimum absolute atomic E-state index is 0.458. The molecule has 0 aliphatic carbocycles. The van der Waals surface area contributed by atoms with Gasteiger partial charge >= 0.3 is 0 Å². The Morgan fingerprint density at radius 2 is 1.08 bits per heavy atom. The quantitative estimate of drug-likeness (QED) is 0.538. The maximum absolute atomic E-state index is 2.24. The molecule has 0 unspecified atom stereocenters. The van der Waals surface area contributed by atoms with E-state index in [1.807, 2.05) is 11.8 Å². The van der Waals surface area contributed by atoms with E-state index in [4.69, 9.17) is 0 Å². The summed E-state index contributed by atoms with van der Waals surface area (Å²) in [4.78, 5) is 0. The standard InChI is InChI=1S/C6H14.C5H12S/c1-5-6(2,3)4;1-5(2,3)6-4/h5H2,1-4H3;1-4H3. The van der Waals surface area contributed by atoms with Gasteiger partial charge in [0.1, 0.15) is 0 Å². The maximum Gasteiger partial charge on any atom is 0.00723 e. The predicted octanol–water partition coefficient (Wildman–Crippen LogP) is 4.59. The van der Waals surface area contributed by atoms with Crippen molar-refractivity contribution in [3.05, 3.63) is 0 Å². The molecule has 0 saturated heterocycles. The Labute approximate surface area is 83.5 Å². The van der Waals surface area contributed by atoms with Gasteiger partial charge in [-0.1, -0.05) is 54.9 Å². The van der Waals surface area contributed by atoms with Crippen LogP contribution < -0.4 is 0 Å². The van der Waals surface area contributed by atoms with Gasteiger partial charge in [-0.15, -0.1) is 0 Å². The number of hydrogen-bond acceptors (Lipinski definition) is 1. The van der Waals surface area contributed by atoms with Crippen LogP contribution in [0.2, 0.25) is 0 Å². The molecule has 0 N–H and O–H groups in total. The van der Waals surface area contributed by atoms with Crippen LogP contribution in [0.4, 0.5) is 0 Å². The van der Waals surface area contributed by atoms with Crippen LogP contribution in [0.1, 0.15) is 54.9 Å². The highest BCUT2D eigenvalue weighted by molar-refractivity contribution is 7.99. The van der Waals surface area contributed by atoms with E-state index in [1.54, 1.807) is 0 Å². The molecule has 0 atom stereocenters. The Kier molecular flexibility index (Phi) is 7.31. The van der Waals surface area contributed by atoms with Crippen molar-refractivity contribution >= 4 is 11.8 Å². The van der Waals surface area contributed by atoms with Crippen LogP contribution in [0.25, 0.3) is 0 Å². The minimum Gasteiger partial charge on any atom is -0.159 e. The smallest absolute Gasteiger partial charge is 0.00723 e. The highest BCUT2D eigenvalue weighted by atomic mass is 32.2. The zero-order chi connectivity index (χ0) is 10.4. The second-order valence-electron chi connectivity index (χ2n) is 5.23. The highest BCUT2D eigenvalue weighted by Crippen LogP contribution is 2.18. The lowest BCUT2D eigenvalue weighted by molar-refractivity contribution is 0.398. The molecule has 0 aliphatic rings. The van der Waals surface area contributed by atoms with Crippen LogP contribution in [0, 0.1) is 5.41 Å². The van der Waals surface area contributed by atoms with Crippen LogP contribution in [0.3, 0.4) is 0 Å². The van der Waals surface area contributed by atoms with E-state index in [0.29, 0.717) is 10.2 Å². The zero-order valence-corrected chi connectivity index (χ0v) is 10.9. The van der Waals surface area contributed by atoms with Gasteiger partial charge < -0.3 is 0 Å². The van der Waals surface area contributed by atoms with Gasteiger partial charge in [-0.2, -0.15) is 11.8 Å². The lowest BCUT2D eigenvalue weighted by Gasteiger charge is -2.12. The van der Waals surface area contributed by atoms with Gasteiger partial charge in [0.05, 0.1) is 0 Å². The molecule has 0 spiro atoms. The first-order chi connectivity index (χ1) is 5.12. The summed E-state index contributed by atoms with van der Waals surface area (Å²) in [5, 5.41) is 0. The van der Waals surface area contributed by atoms with Crippen molar-refractivity contribution in [1.82, 2.24) is 0 Å². The third-order valence-electron chi connectivity index (χ3n) is 1.67. The van der Waals surface area contributed by atoms with Gasteiger partial charge in [0.25, 0.3) is 0 Å². The number of thioether (sulfide) groups is 1. The van der Waals surface area contributed by atoms with Crippen LogP contribution in [-0.4, -0.2) is 11.0 Å². The molecule has 0 aliphatic heterocycles. The third-order valence-corrected chi connectivity index (χ3v) is 2.90. The summed E-state index contributed by atoms with van der Waals surface area (Å²) in [6.45, 7) is 15.6. The molecule has 0 aromatic rings. The van der Waals surface area contributed by atoms with Gasteiger partial charge in [0.15, 0.2) is 0 Å². The first kappa shape index (κ1) is 14.9. The number of rotatable bonds is 0. The average Bonchev–Trinajstić information content (AvgIpc) is 1.86.